The highest BCUT2D eigenvalue weighted by Gasteiger charge is 2.46. The summed E-state index contributed by atoms with van der Waals surface area (Å²) >= 11 is 0. The number of nitrogens with zero attached hydrogens (tertiary/aromatic N) is 3. The first-order valence-electron chi connectivity index (χ1n) is 14.3. The van der Waals surface area contributed by atoms with Gasteiger partial charge in [0.05, 0.1) is 30.5 Å². The molecule has 1 saturated carbocycles. The molecule has 1 aromatic rings. The molecule has 0 radical (unpaired) electrons. The highest BCUT2D eigenvalue weighted by Crippen LogP contribution is 2.43. The summed E-state index contributed by atoms with van der Waals surface area (Å²) in [7, 11) is 2.14. The number of aliphatic hydroxyl groups is 1. The molecular weight excluding hydrogens is 488 g/mol. The minimum atomic E-state index is -0.942. The molecule has 3 unspecified atom stereocenters. The van der Waals surface area contributed by atoms with Gasteiger partial charge in [0.25, 0.3) is 5.91 Å². The number of benzene rings is 1. The zero-order valence-corrected chi connectivity index (χ0v) is 23.0. The van der Waals surface area contributed by atoms with Crippen LogP contribution in [0.4, 0.5) is 11.4 Å². The maximum Gasteiger partial charge on any atom is 0.256 e. The van der Waals surface area contributed by atoms with Gasteiger partial charge in [-0.1, -0.05) is 44.7 Å². The fraction of sp³-hybridized carbons (Fsp3) is 0.594. The van der Waals surface area contributed by atoms with E-state index in [1.54, 1.807) is 0 Å². The van der Waals surface area contributed by atoms with Gasteiger partial charge in [-0.25, -0.2) is 0 Å². The van der Waals surface area contributed by atoms with Crippen molar-refractivity contribution in [3.63, 3.8) is 0 Å². The minimum Gasteiger partial charge on any atom is -0.380 e. The molecule has 3 atom stereocenters. The van der Waals surface area contributed by atoms with Crippen LogP contribution < -0.4 is 10.2 Å². The molecule has 39 heavy (non-hydrogen) atoms. The van der Waals surface area contributed by atoms with Crippen LogP contribution in [0, 0.1) is 17.3 Å². The van der Waals surface area contributed by atoms with Crippen molar-refractivity contribution in [3.8, 4) is 0 Å². The highest BCUT2D eigenvalue weighted by molar-refractivity contribution is 6.01. The van der Waals surface area contributed by atoms with Crippen LogP contribution in [-0.2, 0) is 4.74 Å². The van der Waals surface area contributed by atoms with Crippen molar-refractivity contribution in [3.05, 3.63) is 59.7 Å². The number of rotatable bonds is 6. The summed E-state index contributed by atoms with van der Waals surface area (Å²) in [6.07, 6.45) is 13.8. The Kier molecular flexibility index (Phi) is 7.70. The Bertz CT molecular complexity index is 1170. The fourth-order valence-corrected chi connectivity index (χ4v) is 6.60. The smallest absolute Gasteiger partial charge is 0.256 e. The Hall–Kier alpha value is -2.61. The van der Waals surface area contributed by atoms with Gasteiger partial charge in [-0.15, -0.1) is 0 Å². The maximum atomic E-state index is 14.4. The number of amides is 1. The Balaban J connectivity index is 0.00000185. The number of anilines is 2. The largest absolute Gasteiger partial charge is 0.380 e. The quantitative estimate of drug-likeness (QED) is 0.511. The van der Waals surface area contributed by atoms with E-state index in [9.17, 15) is 9.90 Å². The van der Waals surface area contributed by atoms with Crippen molar-refractivity contribution < 1.29 is 16.1 Å². The fourth-order valence-electron chi connectivity index (χ4n) is 6.60. The van der Waals surface area contributed by atoms with Gasteiger partial charge in [0.1, 0.15) is 5.72 Å². The Labute approximate surface area is 235 Å². The molecule has 2 N–H and O–H groups in total. The Morgan fingerprint density at radius 2 is 1.97 bits per heavy atom. The number of nitrogens with one attached hydrogen (secondary N) is 1. The molecule has 1 amide bonds. The van der Waals surface area contributed by atoms with Gasteiger partial charge >= 0.3 is 0 Å². The van der Waals surface area contributed by atoms with Gasteiger partial charge in [-0.3, -0.25) is 4.79 Å². The van der Waals surface area contributed by atoms with Gasteiger partial charge in [0.15, 0.2) is 0 Å². The zero-order chi connectivity index (χ0) is 26.5. The molecule has 2 aliphatic carbocycles. The summed E-state index contributed by atoms with van der Waals surface area (Å²) < 4.78 is 5.58. The molecule has 5 aliphatic rings. The first-order valence-corrected chi connectivity index (χ1v) is 14.3. The minimum absolute atomic E-state index is 0. The predicted molar refractivity (Wildman–Crippen MR) is 160 cm³/mol. The van der Waals surface area contributed by atoms with E-state index >= 15 is 0 Å². The molecule has 4 fully saturated rings. The predicted octanol–water partition coefficient (Wildman–Crippen LogP) is 4.77. The average molecular weight is 537 g/mol. The van der Waals surface area contributed by atoms with E-state index in [0.717, 1.165) is 75.6 Å². The molecule has 7 heteroatoms. The molecule has 214 valence electrons. The van der Waals surface area contributed by atoms with Crippen molar-refractivity contribution >= 4 is 17.3 Å². The average Bonchev–Trinajstić information content (AvgIpc) is 3.67. The van der Waals surface area contributed by atoms with E-state index in [-0.39, 0.29) is 38.1 Å². The summed E-state index contributed by atoms with van der Waals surface area (Å²) in [4.78, 5) is 21.2. The number of carbonyl (C=O) groups is 1. The van der Waals surface area contributed by atoms with Crippen molar-refractivity contribution in [2.75, 3.05) is 63.2 Å². The van der Waals surface area contributed by atoms with Crippen LogP contribution in [0.2, 0.25) is 0 Å². The molecular formula is C32H48N4O3. The molecule has 0 bridgehead atoms. The van der Waals surface area contributed by atoms with E-state index in [4.69, 9.17) is 4.74 Å². The lowest BCUT2D eigenvalue weighted by molar-refractivity contribution is -0.0985. The zero-order valence-electron chi connectivity index (χ0n) is 23.0. The van der Waals surface area contributed by atoms with Gasteiger partial charge < -0.3 is 29.9 Å². The number of allylic oxidation sites excluding steroid dienone is 5. The second-order valence-electron chi connectivity index (χ2n) is 12.4. The molecule has 3 saturated heterocycles. The van der Waals surface area contributed by atoms with Gasteiger partial charge in [0, 0.05) is 51.2 Å². The third kappa shape index (κ3) is 5.54. The Morgan fingerprint density at radius 1 is 1.18 bits per heavy atom. The summed E-state index contributed by atoms with van der Waals surface area (Å²) in [6, 6.07) is 6.06. The van der Waals surface area contributed by atoms with Crippen LogP contribution >= 0.6 is 0 Å². The molecule has 1 aromatic carbocycles. The van der Waals surface area contributed by atoms with Crippen LogP contribution in [0.3, 0.4) is 0 Å². The van der Waals surface area contributed by atoms with Crippen LogP contribution in [0.25, 0.3) is 0 Å². The van der Waals surface area contributed by atoms with Crippen LogP contribution in [0.15, 0.2) is 54.2 Å². The molecule has 3 aliphatic heterocycles. The first kappa shape index (κ1) is 27.9. The van der Waals surface area contributed by atoms with Gasteiger partial charge in [-0.2, -0.15) is 0 Å². The van der Waals surface area contributed by atoms with E-state index in [0.29, 0.717) is 6.54 Å². The van der Waals surface area contributed by atoms with Crippen molar-refractivity contribution in [2.45, 2.75) is 52.3 Å². The molecule has 3 heterocycles. The SMILES string of the molecule is C.CC1C=CC=CC=C1C1CN(C)CCN1C(=O)c1ccc(NC(C)(O)C2CC2)cc1N1CCC2(COC2)C1.[HH]. The molecule has 6 rings (SSSR count). The molecule has 7 nitrogen and oxygen atoms in total. The van der Waals surface area contributed by atoms with E-state index in [1.807, 2.05) is 19.1 Å². The second-order valence-corrected chi connectivity index (χ2v) is 12.4. The standard InChI is InChI=1S/C31H42N4O3.CH4.H2/c1-22-7-5-4-6-8-25(22)28-18-33(3)15-16-35(28)29(36)26-12-11-24(32-30(2,37)23-9-10-23)17-27(26)34-14-13-31(19-34)20-38-21-31;;/h4-8,11-12,17,22-23,28,32,37H,9-10,13-16,18-21H2,1-3H3;1H4;1H. The first-order chi connectivity index (χ1) is 18.2. The summed E-state index contributed by atoms with van der Waals surface area (Å²) in [6.45, 7) is 9.88. The number of ether oxygens (including phenoxy) is 1. The lowest BCUT2D eigenvalue weighted by atomic mass is 9.85. The van der Waals surface area contributed by atoms with E-state index < -0.39 is 5.72 Å². The van der Waals surface area contributed by atoms with Crippen LogP contribution in [-0.4, -0.2) is 85.6 Å². The van der Waals surface area contributed by atoms with Crippen LogP contribution in [0.1, 0.15) is 52.3 Å². The third-order valence-corrected chi connectivity index (χ3v) is 9.26. The van der Waals surface area contributed by atoms with Crippen molar-refractivity contribution in [1.82, 2.24) is 9.80 Å². The molecule has 1 spiro atoms. The maximum absolute atomic E-state index is 14.4. The van der Waals surface area contributed by atoms with E-state index in [2.05, 4.69) is 70.4 Å². The van der Waals surface area contributed by atoms with Gasteiger partial charge in [-0.05, 0) is 62.9 Å². The van der Waals surface area contributed by atoms with Gasteiger partial charge in [0.2, 0.25) is 0 Å². The monoisotopic (exact) mass is 536 g/mol. The number of carbonyl (C=O) groups excluding carboxylic acids is 1. The third-order valence-electron chi connectivity index (χ3n) is 9.26. The summed E-state index contributed by atoms with van der Waals surface area (Å²) in [5.41, 5.74) is 3.13. The number of piperazine rings is 1. The van der Waals surface area contributed by atoms with Crippen molar-refractivity contribution in [1.29, 1.82) is 0 Å². The highest BCUT2D eigenvalue weighted by atomic mass is 16.5. The number of hydrogen-bond acceptors (Lipinski definition) is 6. The molecule has 0 aromatic heterocycles. The Morgan fingerprint density at radius 3 is 2.67 bits per heavy atom. The number of likely N-dealkylation sites (N-methyl/N-ethyl adjacent to an activating group) is 1. The summed E-state index contributed by atoms with van der Waals surface area (Å²) in [5, 5.41) is 14.4. The normalized spacial score (nSPS) is 27.8. The number of hydrogen-bond donors (Lipinski definition) is 2. The lowest BCUT2D eigenvalue weighted by Crippen LogP contribution is -2.55. The van der Waals surface area contributed by atoms with Crippen LogP contribution in [0.5, 0.6) is 0 Å². The lowest BCUT2D eigenvalue weighted by Gasteiger charge is -2.43. The second kappa shape index (κ2) is 10.8. The van der Waals surface area contributed by atoms with E-state index in [1.165, 1.54) is 5.57 Å². The topological polar surface area (TPSA) is 68.3 Å². The summed E-state index contributed by atoms with van der Waals surface area (Å²) in [5.74, 6) is 0.637. The van der Waals surface area contributed by atoms with Crippen molar-refractivity contribution in [2.24, 2.45) is 17.3 Å².